The predicted molar refractivity (Wildman–Crippen MR) is 106 cm³/mol. The molecule has 1 atom stereocenters. The Kier molecular flexibility index (Phi) is 6.01. The number of benzene rings is 1. The number of fused-ring (bicyclic) bond motifs is 1. The highest BCUT2D eigenvalue weighted by Crippen LogP contribution is 2.40. The molecule has 0 aromatic heterocycles. The summed E-state index contributed by atoms with van der Waals surface area (Å²) in [6, 6.07) is 6.87. The van der Waals surface area contributed by atoms with Crippen LogP contribution in [0.1, 0.15) is 31.9 Å². The van der Waals surface area contributed by atoms with Gasteiger partial charge in [0.05, 0.1) is 23.9 Å². The summed E-state index contributed by atoms with van der Waals surface area (Å²) in [5, 5.41) is 0.628. The van der Waals surface area contributed by atoms with Crippen molar-refractivity contribution in [2.24, 2.45) is 4.99 Å². The van der Waals surface area contributed by atoms with E-state index in [0.717, 1.165) is 11.3 Å². The van der Waals surface area contributed by atoms with Crippen LogP contribution in [0.5, 0.6) is 5.75 Å². The maximum atomic E-state index is 12.7. The molecule has 6 nitrogen and oxygen atoms in total. The minimum atomic E-state index is -0.564. The van der Waals surface area contributed by atoms with E-state index in [1.54, 1.807) is 11.8 Å². The Balaban J connectivity index is 2.06. The van der Waals surface area contributed by atoms with Gasteiger partial charge < -0.3 is 9.47 Å². The lowest BCUT2D eigenvalue weighted by atomic mass is 9.94. The zero-order valence-corrected chi connectivity index (χ0v) is 16.3. The zero-order valence-electron chi connectivity index (χ0n) is 15.4. The van der Waals surface area contributed by atoms with Gasteiger partial charge in [0, 0.05) is 12.2 Å². The number of carbonyl (C=O) groups excluding carboxylic acids is 2. The van der Waals surface area contributed by atoms with Gasteiger partial charge in [-0.25, -0.2) is 9.79 Å². The molecule has 1 aromatic rings. The van der Waals surface area contributed by atoms with Crippen LogP contribution in [0.25, 0.3) is 0 Å². The molecule has 2 heterocycles. The van der Waals surface area contributed by atoms with Gasteiger partial charge in [-0.2, -0.15) is 0 Å². The first kappa shape index (κ1) is 19.2. The summed E-state index contributed by atoms with van der Waals surface area (Å²) in [5.41, 5.74) is 1.75. The number of hydrogen-bond donors (Lipinski definition) is 0. The number of esters is 1. The van der Waals surface area contributed by atoms with Crippen LogP contribution in [0, 0.1) is 0 Å². The van der Waals surface area contributed by atoms with Gasteiger partial charge in [-0.1, -0.05) is 36.5 Å². The molecule has 0 saturated carbocycles. The maximum absolute atomic E-state index is 12.7. The van der Waals surface area contributed by atoms with E-state index in [9.17, 15) is 9.59 Å². The Bertz CT molecular complexity index is 814. The van der Waals surface area contributed by atoms with Gasteiger partial charge in [0.2, 0.25) is 5.91 Å². The van der Waals surface area contributed by atoms with Crippen LogP contribution in [0.3, 0.4) is 0 Å². The van der Waals surface area contributed by atoms with E-state index in [2.05, 4.69) is 11.6 Å². The molecule has 1 saturated heterocycles. The van der Waals surface area contributed by atoms with E-state index in [-0.39, 0.29) is 12.5 Å². The van der Waals surface area contributed by atoms with Crippen molar-refractivity contribution in [1.82, 2.24) is 4.90 Å². The minimum Gasteiger partial charge on any atom is -0.494 e. The van der Waals surface area contributed by atoms with Crippen molar-refractivity contribution >= 4 is 28.8 Å². The Morgan fingerprint density at radius 3 is 2.81 bits per heavy atom. The predicted octanol–water partition coefficient (Wildman–Crippen LogP) is 3.46. The minimum absolute atomic E-state index is 0.0482. The molecule has 0 spiro atoms. The fourth-order valence-corrected chi connectivity index (χ4v) is 4.11. The summed E-state index contributed by atoms with van der Waals surface area (Å²) in [6.07, 6.45) is 1.92. The van der Waals surface area contributed by atoms with E-state index in [1.165, 1.54) is 17.8 Å². The average molecular weight is 386 g/mol. The highest BCUT2D eigenvalue weighted by atomic mass is 32.2. The Morgan fingerprint density at radius 1 is 1.41 bits per heavy atom. The van der Waals surface area contributed by atoms with Crippen LogP contribution in [0.2, 0.25) is 0 Å². The number of hydrogen-bond acceptors (Lipinski definition) is 6. The van der Waals surface area contributed by atoms with Gasteiger partial charge in [0.1, 0.15) is 12.4 Å². The number of rotatable bonds is 6. The molecule has 0 aliphatic carbocycles. The second kappa shape index (κ2) is 8.43. The monoisotopic (exact) mass is 386 g/mol. The number of ether oxygens (including phenoxy) is 2. The molecule has 1 aromatic carbocycles. The number of amides is 1. The second-order valence-corrected chi connectivity index (χ2v) is 7.11. The number of allylic oxidation sites excluding steroid dienone is 1. The summed E-state index contributed by atoms with van der Waals surface area (Å²) in [7, 11) is 0. The molecular formula is C20H22N2O4S. The van der Waals surface area contributed by atoms with Crippen LogP contribution in [0.4, 0.5) is 0 Å². The van der Waals surface area contributed by atoms with Gasteiger partial charge in [0.25, 0.3) is 0 Å². The molecule has 142 valence electrons. The van der Waals surface area contributed by atoms with Gasteiger partial charge in [0.15, 0.2) is 5.17 Å². The highest BCUT2D eigenvalue weighted by Gasteiger charge is 2.41. The van der Waals surface area contributed by atoms with Gasteiger partial charge in [-0.3, -0.25) is 9.69 Å². The molecule has 1 unspecified atom stereocenters. The molecule has 2 aliphatic rings. The normalized spacial score (nSPS) is 19.3. The lowest BCUT2D eigenvalue weighted by Gasteiger charge is -2.38. The molecule has 0 bridgehead atoms. The Morgan fingerprint density at radius 2 is 2.15 bits per heavy atom. The van der Waals surface area contributed by atoms with Crippen LogP contribution >= 0.6 is 11.8 Å². The molecule has 1 fully saturated rings. The molecule has 0 N–H and O–H groups in total. The van der Waals surface area contributed by atoms with Crippen molar-refractivity contribution in [2.45, 2.75) is 26.3 Å². The van der Waals surface area contributed by atoms with Gasteiger partial charge >= 0.3 is 5.97 Å². The number of amidine groups is 1. The highest BCUT2D eigenvalue weighted by molar-refractivity contribution is 8.14. The third-order valence-electron chi connectivity index (χ3n) is 4.27. The van der Waals surface area contributed by atoms with Crippen LogP contribution < -0.4 is 4.74 Å². The fourth-order valence-electron chi connectivity index (χ4n) is 3.10. The SMILES string of the molecule is C=CCOC(=O)C1=C(C)N=C2SCCC(=O)N2C1c1ccc(OCC)cc1. The van der Waals surface area contributed by atoms with Gasteiger partial charge in [-0.15, -0.1) is 0 Å². The zero-order chi connectivity index (χ0) is 19.4. The van der Waals surface area contributed by atoms with Gasteiger partial charge in [-0.05, 0) is 31.5 Å². The Hall–Kier alpha value is -2.54. The summed E-state index contributed by atoms with van der Waals surface area (Å²) in [6.45, 7) is 7.94. The largest absolute Gasteiger partial charge is 0.494 e. The number of nitrogens with zero attached hydrogens (tertiary/aromatic N) is 2. The number of aliphatic imine (C=N–C) groups is 1. The summed E-state index contributed by atoms with van der Waals surface area (Å²) in [5.74, 6) is 0.889. The van der Waals surface area contributed by atoms with E-state index < -0.39 is 12.0 Å². The molecule has 27 heavy (non-hydrogen) atoms. The van der Waals surface area contributed by atoms with Crippen molar-refractivity contribution in [1.29, 1.82) is 0 Å². The van der Waals surface area contributed by atoms with Crippen molar-refractivity contribution in [3.63, 3.8) is 0 Å². The van der Waals surface area contributed by atoms with E-state index in [0.29, 0.717) is 35.2 Å². The van der Waals surface area contributed by atoms with Crippen LogP contribution in [-0.2, 0) is 14.3 Å². The molecule has 7 heteroatoms. The Labute approximate surface area is 162 Å². The first-order valence-electron chi connectivity index (χ1n) is 8.82. The molecule has 1 amide bonds. The van der Waals surface area contributed by atoms with Crippen molar-refractivity contribution < 1.29 is 19.1 Å². The molecular weight excluding hydrogens is 364 g/mol. The summed E-state index contributed by atoms with van der Waals surface area (Å²) >= 11 is 1.52. The smallest absolute Gasteiger partial charge is 0.338 e. The first-order valence-corrected chi connectivity index (χ1v) is 9.80. The first-order chi connectivity index (χ1) is 13.1. The lowest BCUT2D eigenvalue weighted by Crippen LogP contribution is -2.45. The van der Waals surface area contributed by atoms with E-state index >= 15 is 0 Å². The van der Waals surface area contributed by atoms with Crippen molar-refractivity contribution in [2.75, 3.05) is 19.0 Å². The average Bonchev–Trinajstić information content (AvgIpc) is 2.66. The standard InChI is InChI=1S/C20H22N2O4S/c1-4-11-26-19(24)17-13(3)21-20-22(16(23)10-12-27-20)18(17)14-6-8-15(9-7-14)25-5-2/h4,6-9,18H,1,5,10-12H2,2-3H3. The third-order valence-corrected chi connectivity index (χ3v) is 5.22. The van der Waals surface area contributed by atoms with Crippen molar-refractivity contribution in [3.8, 4) is 5.75 Å². The fraction of sp³-hybridized carbons (Fsp3) is 0.350. The van der Waals surface area contributed by atoms with E-state index in [4.69, 9.17) is 9.47 Å². The molecule has 0 radical (unpaired) electrons. The summed E-state index contributed by atoms with van der Waals surface area (Å²) < 4.78 is 10.8. The molecule has 3 rings (SSSR count). The lowest BCUT2D eigenvalue weighted by molar-refractivity contribution is -0.139. The van der Waals surface area contributed by atoms with E-state index in [1.807, 2.05) is 31.2 Å². The number of carbonyl (C=O) groups is 2. The second-order valence-electron chi connectivity index (χ2n) is 6.05. The van der Waals surface area contributed by atoms with Crippen LogP contribution in [0.15, 0.2) is 53.2 Å². The number of thioether (sulfide) groups is 1. The van der Waals surface area contributed by atoms with Crippen molar-refractivity contribution in [3.05, 3.63) is 53.8 Å². The molecule has 2 aliphatic heterocycles. The summed E-state index contributed by atoms with van der Waals surface area (Å²) in [4.78, 5) is 31.5. The quantitative estimate of drug-likeness (QED) is 0.553. The van der Waals surface area contributed by atoms with Crippen LogP contribution in [-0.4, -0.2) is 40.9 Å². The third kappa shape index (κ3) is 3.93. The topological polar surface area (TPSA) is 68.2 Å². The maximum Gasteiger partial charge on any atom is 0.338 e.